The van der Waals surface area contributed by atoms with Gasteiger partial charge in [0.1, 0.15) is 5.75 Å². The highest BCUT2D eigenvalue weighted by atomic mass is 16.5. The van der Waals surface area contributed by atoms with Crippen molar-refractivity contribution in [2.24, 2.45) is 0 Å². The van der Waals surface area contributed by atoms with Crippen LogP contribution >= 0.6 is 0 Å². The summed E-state index contributed by atoms with van der Waals surface area (Å²) >= 11 is 0. The van der Waals surface area contributed by atoms with Crippen LogP contribution in [0, 0.1) is 13.8 Å². The maximum absolute atomic E-state index is 12.4. The first-order valence-corrected chi connectivity index (χ1v) is 7.64. The molecule has 1 unspecified atom stereocenters. The molecule has 1 atom stereocenters. The first kappa shape index (κ1) is 17.5. The maximum Gasteiger partial charge on any atom is 0.339 e. The summed E-state index contributed by atoms with van der Waals surface area (Å²) in [4.78, 5) is 24.1. The lowest BCUT2D eigenvalue weighted by molar-refractivity contribution is -0.122. The molecule has 0 fully saturated rings. The molecule has 24 heavy (non-hydrogen) atoms. The number of esters is 1. The van der Waals surface area contributed by atoms with Gasteiger partial charge in [-0.1, -0.05) is 18.2 Å². The Hall–Kier alpha value is -2.82. The van der Waals surface area contributed by atoms with E-state index in [1.54, 1.807) is 31.2 Å². The maximum atomic E-state index is 12.4. The number of carbonyl (C=O) groups is 2. The van der Waals surface area contributed by atoms with E-state index >= 15 is 0 Å². The van der Waals surface area contributed by atoms with Gasteiger partial charge in [-0.05, 0) is 56.2 Å². The van der Waals surface area contributed by atoms with Gasteiger partial charge < -0.3 is 14.8 Å². The van der Waals surface area contributed by atoms with Gasteiger partial charge in [0, 0.05) is 0 Å². The first-order valence-electron chi connectivity index (χ1n) is 7.64. The van der Waals surface area contributed by atoms with Crippen LogP contribution in [-0.4, -0.2) is 25.1 Å². The van der Waals surface area contributed by atoms with Gasteiger partial charge in [-0.25, -0.2) is 4.79 Å². The summed E-state index contributed by atoms with van der Waals surface area (Å²) in [5.41, 5.74) is 2.82. The van der Waals surface area contributed by atoms with Crippen LogP contribution in [0.1, 0.15) is 28.4 Å². The lowest BCUT2D eigenvalue weighted by Crippen LogP contribution is -2.30. The quantitative estimate of drug-likeness (QED) is 0.854. The summed E-state index contributed by atoms with van der Waals surface area (Å²) < 4.78 is 10.4. The molecule has 1 N–H and O–H groups in total. The van der Waals surface area contributed by atoms with Gasteiger partial charge >= 0.3 is 5.97 Å². The largest absolute Gasteiger partial charge is 0.481 e. The topological polar surface area (TPSA) is 64.6 Å². The number of methoxy groups -OCH3 is 1. The van der Waals surface area contributed by atoms with Crippen molar-refractivity contribution in [3.05, 3.63) is 59.2 Å². The van der Waals surface area contributed by atoms with E-state index in [4.69, 9.17) is 9.47 Å². The Morgan fingerprint density at radius 1 is 1.04 bits per heavy atom. The molecule has 2 aromatic rings. The summed E-state index contributed by atoms with van der Waals surface area (Å²) in [6, 6.07) is 12.5. The van der Waals surface area contributed by atoms with Crippen LogP contribution in [0.15, 0.2) is 42.5 Å². The van der Waals surface area contributed by atoms with Crippen LogP contribution in [0.4, 0.5) is 5.69 Å². The van der Waals surface area contributed by atoms with Gasteiger partial charge in [-0.2, -0.15) is 0 Å². The molecule has 1 amide bonds. The molecule has 2 rings (SSSR count). The van der Waals surface area contributed by atoms with Crippen LogP contribution in [0.3, 0.4) is 0 Å². The Morgan fingerprint density at radius 2 is 1.67 bits per heavy atom. The molecule has 0 aliphatic carbocycles. The summed E-state index contributed by atoms with van der Waals surface area (Å²) in [5.74, 6) is -0.212. The zero-order valence-corrected chi connectivity index (χ0v) is 14.3. The number of carbonyl (C=O) groups excluding carboxylic acids is 2. The minimum atomic E-state index is -0.711. The number of hydrogen-bond acceptors (Lipinski definition) is 4. The number of amides is 1. The van der Waals surface area contributed by atoms with Gasteiger partial charge in [0.2, 0.25) is 0 Å². The summed E-state index contributed by atoms with van der Waals surface area (Å²) in [7, 11) is 1.30. The zero-order chi connectivity index (χ0) is 17.7. The number of hydrogen-bond donors (Lipinski definition) is 1. The van der Waals surface area contributed by atoms with Crippen LogP contribution in [0.25, 0.3) is 0 Å². The molecule has 126 valence electrons. The molecule has 5 nitrogen and oxygen atoms in total. The molecule has 0 saturated carbocycles. The molecule has 0 bridgehead atoms. The average Bonchev–Trinajstić information content (AvgIpc) is 2.53. The first-order chi connectivity index (χ1) is 11.4. The Balaban J connectivity index is 2.11. The molecule has 0 radical (unpaired) electrons. The Kier molecular flexibility index (Phi) is 5.58. The van der Waals surface area contributed by atoms with E-state index in [1.807, 2.05) is 32.0 Å². The molecule has 0 aliphatic heterocycles. The Bertz CT molecular complexity index is 735. The van der Waals surface area contributed by atoms with E-state index < -0.39 is 12.1 Å². The lowest BCUT2D eigenvalue weighted by atomic mass is 10.1. The van der Waals surface area contributed by atoms with E-state index in [0.717, 1.165) is 11.1 Å². The molecule has 2 aromatic carbocycles. The van der Waals surface area contributed by atoms with Crippen LogP contribution in [0.5, 0.6) is 5.75 Å². The predicted octanol–water partition coefficient (Wildman–Crippen LogP) is 3.50. The SMILES string of the molecule is COC(=O)c1ccccc1NC(=O)C(C)Oc1cc(C)cc(C)c1. The van der Waals surface area contributed by atoms with E-state index in [9.17, 15) is 9.59 Å². The second-order valence-corrected chi connectivity index (χ2v) is 5.61. The normalized spacial score (nSPS) is 11.5. The summed E-state index contributed by atoms with van der Waals surface area (Å²) in [6.45, 7) is 5.60. The van der Waals surface area contributed by atoms with Gasteiger partial charge in [-0.15, -0.1) is 0 Å². The number of benzene rings is 2. The molecular formula is C19H21NO4. The third-order valence-electron chi connectivity index (χ3n) is 3.47. The third-order valence-corrected chi connectivity index (χ3v) is 3.47. The lowest BCUT2D eigenvalue weighted by Gasteiger charge is -2.16. The van der Waals surface area contributed by atoms with Crippen molar-refractivity contribution < 1.29 is 19.1 Å². The van der Waals surface area contributed by atoms with E-state index in [0.29, 0.717) is 17.0 Å². The smallest absolute Gasteiger partial charge is 0.339 e. The van der Waals surface area contributed by atoms with Crippen molar-refractivity contribution in [2.75, 3.05) is 12.4 Å². The second-order valence-electron chi connectivity index (χ2n) is 5.61. The van der Waals surface area contributed by atoms with Crippen molar-refractivity contribution in [3.8, 4) is 5.75 Å². The van der Waals surface area contributed by atoms with Gasteiger partial charge in [-0.3, -0.25) is 4.79 Å². The van der Waals surface area contributed by atoms with Gasteiger partial charge in [0.15, 0.2) is 6.10 Å². The fraction of sp³-hybridized carbons (Fsp3) is 0.263. The van der Waals surface area contributed by atoms with Gasteiger partial charge in [0.05, 0.1) is 18.4 Å². The molecule has 0 spiro atoms. The third kappa shape index (κ3) is 4.35. The number of ether oxygens (including phenoxy) is 2. The van der Waals surface area contributed by atoms with Crippen LogP contribution in [0.2, 0.25) is 0 Å². The highest BCUT2D eigenvalue weighted by Crippen LogP contribution is 2.19. The zero-order valence-electron chi connectivity index (χ0n) is 14.3. The Morgan fingerprint density at radius 3 is 2.29 bits per heavy atom. The van der Waals surface area contributed by atoms with Gasteiger partial charge in [0.25, 0.3) is 5.91 Å². The second kappa shape index (κ2) is 7.64. The van der Waals surface area contributed by atoms with Crippen molar-refractivity contribution >= 4 is 17.6 Å². The van der Waals surface area contributed by atoms with Crippen molar-refractivity contribution in [2.45, 2.75) is 26.9 Å². The highest BCUT2D eigenvalue weighted by Gasteiger charge is 2.18. The molecular weight excluding hydrogens is 306 g/mol. The number of anilines is 1. The van der Waals surface area contributed by atoms with Crippen LogP contribution < -0.4 is 10.1 Å². The average molecular weight is 327 g/mol. The summed E-state index contributed by atoms with van der Waals surface area (Å²) in [5, 5.41) is 2.71. The standard InChI is InChI=1S/C19H21NO4/c1-12-9-13(2)11-15(10-12)24-14(3)18(21)20-17-8-6-5-7-16(17)19(22)23-4/h5-11,14H,1-4H3,(H,20,21). The van der Waals surface area contributed by atoms with E-state index in [2.05, 4.69) is 5.32 Å². The monoisotopic (exact) mass is 327 g/mol. The van der Waals surface area contributed by atoms with Crippen molar-refractivity contribution in [1.82, 2.24) is 0 Å². The number of para-hydroxylation sites is 1. The van der Waals surface area contributed by atoms with E-state index in [1.165, 1.54) is 7.11 Å². The molecule has 0 aromatic heterocycles. The van der Waals surface area contributed by atoms with Crippen LogP contribution in [-0.2, 0) is 9.53 Å². The molecule has 5 heteroatoms. The number of aryl methyl sites for hydroxylation is 2. The van der Waals surface area contributed by atoms with E-state index in [-0.39, 0.29) is 5.91 Å². The summed E-state index contributed by atoms with van der Waals surface area (Å²) in [6.07, 6.45) is -0.711. The fourth-order valence-electron chi connectivity index (χ4n) is 2.37. The number of rotatable bonds is 5. The van der Waals surface area contributed by atoms with Crippen molar-refractivity contribution in [3.63, 3.8) is 0 Å². The predicted molar refractivity (Wildman–Crippen MR) is 92.4 cm³/mol. The van der Waals surface area contributed by atoms with Crippen molar-refractivity contribution in [1.29, 1.82) is 0 Å². The minimum Gasteiger partial charge on any atom is -0.481 e. The highest BCUT2D eigenvalue weighted by molar-refractivity contribution is 6.02. The number of nitrogens with one attached hydrogen (secondary N) is 1. The molecule has 0 saturated heterocycles. The minimum absolute atomic E-state index is 0.298. The Labute approximate surface area is 141 Å². The molecule has 0 heterocycles. The molecule has 0 aliphatic rings. The fourth-order valence-corrected chi connectivity index (χ4v) is 2.37.